The zero-order chi connectivity index (χ0) is 17.1. The van der Waals surface area contributed by atoms with Gasteiger partial charge in [0.05, 0.1) is 26.8 Å². The van der Waals surface area contributed by atoms with Crippen LogP contribution >= 0.6 is 0 Å². The first-order valence-electron chi connectivity index (χ1n) is 6.13. The molecule has 2 aromatic rings. The van der Waals surface area contributed by atoms with Crippen LogP contribution < -0.4 is 11.1 Å². The van der Waals surface area contributed by atoms with Gasteiger partial charge in [0, 0.05) is 12.1 Å². The summed E-state index contributed by atoms with van der Waals surface area (Å²) >= 11 is 0. The Bertz CT molecular complexity index is 785. The number of nitrogen functional groups attached to an aromatic ring is 1. The van der Waals surface area contributed by atoms with Gasteiger partial charge in [-0.2, -0.15) is 0 Å². The van der Waals surface area contributed by atoms with Gasteiger partial charge < -0.3 is 16.2 Å². The summed E-state index contributed by atoms with van der Waals surface area (Å²) in [5.41, 5.74) is 3.67. The van der Waals surface area contributed by atoms with E-state index < -0.39 is 38.4 Å². The Hall–Kier alpha value is -3.69. The van der Waals surface area contributed by atoms with E-state index in [1.54, 1.807) is 12.1 Å². The molecule has 0 fully saturated rings. The highest BCUT2D eigenvalue weighted by Crippen LogP contribution is 2.38. The molecule has 0 bridgehead atoms. The van der Waals surface area contributed by atoms with Gasteiger partial charge in [0.1, 0.15) is 0 Å². The number of nitro groups is 2. The quantitative estimate of drug-likeness (QED) is 0.430. The van der Waals surface area contributed by atoms with Crippen LogP contribution in [0, 0.1) is 20.2 Å². The van der Waals surface area contributed by atoms with Crippen molar-refractivity contribution in [3.8, 4) is 0 Å². The fourth-order valence-electron chi connectivity index (χ4n) is 1.90. The van der Waals surface area contributed by atoms with Crippen LogP contribution in [0.1, 0.15) is 10.4 Å². The third-order valence-corrected chi connectivity index (χ3v) is 2.96. The Morgan fingerprint density at radius 2 is 1.61 bits per heavy atom. The first-order valence-corrected chi connectivity index (χ1v) is 6.13. The Kier molecular flexibility index (Phi) is 4.07. The average molecular weight is 318 g/mol. The van der Waals surface area contributed by atoms with Crippen molar-refractivity contribution < 1.29 is 19.7 Å². The Balaban J connectivity index is 2.69. The van der Waals surface area contributed by atoms with Crippen molar-refractivity contribution in [2.24, 2.45) is 0 Å². The molecule has 0 aliphatic rings. The molecule has 0 aromatic heterocycles. The number of para-hydroxylation sites is 2. The summed E-state index contributed by atoms with van der Waals surface area (Å²) in [5.74, 6) is -1.51. The predicted molar refractivity (Wildman–Crippen MR) is 80.8 cm³/mol. The highest BCUT2D eigenvalue weighted by molar-refractivity contribution is 5.93. The average Bonchev–Trinajstić information content (AvgIpc) is 2.48. The van der Waals surface area contributed by atoms with Gasteiger partial charge in [-0.05, 0) is 12.1 Å². The van der Waals surface area contributed by atoms with E-state index in [0.29, 0.717) is 0 Å². The molecule has 23 heavy (non-hydrogen) atoms. The Morgan fingerprint density at radius 3 is 2.04 bits per heavy atom. The van der Waals surface area contributed by atoms with Crippen LogP contribution in [0.25, 0.3) is 0 Å². The molecule has 0 saturated heterocycles. The molecule has 2 rings (SSSR count). The number of hydrogen-bond donors (Lipinski definition) is 3. The molecule has 0 saturated carbocycles. The van der Waals surface area contributed by atoms with E-state index in [9.17, 15) is 25.0 Å². The first-order chi connectivity index (χ1) is 10.8. The van der Waals surface area contributed by atoms with Crippen molar-refractivity contribution in [2.45, 2.75) is 0 Å². The van der Waals surface area contributed by atoms with Crippen molar-refractivity contribution in [1.29, 1.82) is 0 Å². The number of rotatable bonds is 5. The number of hydrogen-bond acceptors (Lipinski definition) is 7. The summed E-state index contributed by atoms with van der Waals surface area (Å²) in [5, 5.41) is 33.8. The second-order valence-corrected chi connectivity index (χ2v) is 4.42. The van der Waals surface area contributed by atoms with Gasteiger partial charge in [-0.25, -0.2) is 4.79 Å². The first kappa shape index (κ1) is 15.7. The highest BCUT2D eigenvalue weighted by atomic mass is 16.6. The minimum Gasteiger partial charge on any atom is -0.478 e. The van der Waals surface area contributed by atoms with Gasteiger partial charge >= 0.3 is 17.3 Å². The second-order valence-electron chi connectivity index (χ2n) is 4.42. The van der Waals surface area contributed by atoms with Gasteiger partial charge in [0.25, 0.3) is 0 Å². The maximum absolute atomic E-state index is 11.2. The normalized spacial score (nSPS) is 10.1. The van der Waals surface area contributed by atoms with Crippen molar-refractivity contribution >= 4 is 34.4 Å². The van der Waals surface area contributed by atoms with Crippen LogP contribution in [0.15, 0.2) is 36.4 Å². The van der Waals surface area contributed by atoms with Crippen LogP contribution in [-0.4, -0.2) is 20.9 Å². The van der Waals surface area contributed by atoms with Crippen molar-refractivity contribution in [2.75, 3.05) is 11.1 Å². The predicted octanol–water partition coefficient (Wildman–Crippen LogP) is 2.53. The van der Waals surface area contributed by atoms with E-state index in [4.69, 9.17) is 10.8 Å². The Labute approximate surface area is 128 Å². The maximum atomic E-state index is 11.2. The summed E-state index contributed by atoms with van der Waals surface area (Å²) in [4.78, 5) is 31.5. The number of anilines is 3. The number of carboxylic acid groups (broad SMARTS) is 1. The number of carboxylic acids is 1. The highest BCUT2D eigenvalue weighted by Gasteiger charge is 2.29. The van der Waals surface area contributed by atoms with Crippen LogP contribution in [0.5, 0.6) is 0 Å². The smallest absolute Gasteiger partial charge is 0.336 e. The van der Waals surface area contributed by atoms with E-state index in [0.717, 1.165) is 12.1 Å². The number of nitrogens with one attached hydrogen (secondary N) is 1. The third kappa shape index (κ3) is 3.15. The summed E-state index contributed by atoms with van der Waals surface area (Å²) < 4.78 is 0. The van der Waals surface area contributed by atoms with Crippen molar-refractivity contribution in [3.63, 3.8) is 0 Å². The molecular weight excluding hydrogens is 308 g/mol. The summed E-state index contributed by atoms with van der Waals surface area (Å²) in [6.45, 7) is 0. The van der Waals surface area contributed by atoms with E-state index in [-0.39, 0.29) is 11.4 Å². The number of carbonyl (C=O) groups is 1. The lowest BCUT2D eigenvalue weighted by molar-refractivity contribution is -0.392. The molecule has 0 heterocycles. The van der Waals surface area contributed by atoms with Crippen molar-refractivity contribution in [1.82, 2.24) is 0 Å². The lowest BCUT2D eigenvalue weighted by Gasteiger charge is -2.10. The lowest BCUT2D eigenvalue weighted by atomic mass is 10.1. The van der Waals surface area contributed by atoms with Crippen molar-refractivity contribution in [3.05, 3.63) is 62.2 Å². The summed E-state index contributed by atoms with van der Waals surface area (Å²) in [7, 11) is 0. The van der Waals surface area contributed by atoms with E-state index >= 15 is 0 Å². The number of nitro benzene ring substituents is 2. The SMILES string of the molecule is Nc1ccccc1Nc1c([N+](=O)[O-])cc(C(=O)O)cc1[N+](=O)[O-]. The van der Waals surface area contributed by atoms with E-state index in [1.807, 2.05) is 0 Å². The van der Waals surface area contributed by atoms with Crippen LogP contribution in [-0.2, 0) is 0 Å². The molecule has 0 spiro atoms. The Morgan fingerprint density at radius 1 is 1.09 bits per heavy atom. The number of benzene rings is 2. The van der Waals surface area contributed by atoms with Crippen LogP contribution in [0.4, 0.5) is 28.4 Å². The third-order valence-electron chi connectivity index (χ3n) is 2.96. The zero-order valence-electron chi connectivity index (χ0n) is 11.4. The number of aromatic carboxylic acids is 1. The minimum atomic E-state index is -1.51. The fraction of sp³-hybridized carbons (Fsp3) is 0. The number of nitrogens with two attached hydrogens (primary N) is 1. The summed E-state index contributed by atoms with van der Waals surface area (Å²) in [6.07, 6.45) is 0. The maximum Gasteiger partial charge on any atom is 0.336 e. The topological polar surface area (TPSA) is 162 Å². The molecule has 0 aliphatic heterocycles. The molecule has 0 amide bonds. The van der Waals surface area contributed by atoms with Gasteiger partial charge in [-0.3, -0.25) is 20.2 Å². The molecule has 0 radical (unpaired) electrons. The fourth-order valence-corrected chi connectivity index (χ4v) is 1.90. The van der Waals surface area contributed by atoms with Gasteiger partial charge in [0.2, 0.25) is 0 Å². The molecule has 10 nitrogen and oxygen atoms in total. The van der Waals surface area contributed by atoms with Gasteiger partial charge in [-0.15, -0.1) is 0 Å². The molecule has 10 heteroatoms. The molecule has 2 aromatic carbocycles. The second kappa shape index (κ2) is 5.97. The van der Waals surface area contributed by atoms with Gasteiger partial charge in [-0.1, -0.05) is 12.1 Å². The molecule has 0 aliphatic carbocycles. The van der Waals surface area contributed by atoms with Crippen LogP contribution in [0.3, 0.4) is 0 Å². The molecule has 4 N–H and O–H groups in total. The van der Waals surface area contributed by atoms with Crippen LogP contribution in [0.2, 0.25) is 0 Å². The molecular formula is C13H10N4O6. The standard InChI is InChI=1S/C13H10N4O6/c14-8-3-1-2-4-9(8)15-12-10(16(20)21)5-7(13(18)19)6-11(12)17(22)23/h1-6,15H,14H2,(H,18,19). The van der Waals surface area contributed by atoms with Gasteiger partial charge in [0.15, 0.2) is 5.69 Å². The van der Waals surface area contributed by atoms with E-state index in [2.05, 4.69) is 5.32 Å². The molecule has 0 atom stereocenters. The monoisotopic (exact) mass is 318 g/mol. The lowest BCUT2D eigenvalue weighted by Crippen LogP contribution is -2.06. The summed E-state index contributed by atoms with van der Waals surface area (Å²) in [6, 6.07) is 7.69. The number of nitrogens with zero attached hydrogens (tertiary/aromatic N) is 2. The largest absolute Gasteiger partial charge is 0.478 e. The minimum absolute atomic E-state index is 0.221. The molecule has 118 valence electrons. The zero-order valence-corrected chi connectivity index (χ0v) is 11.4. The molecule has 0 unspecified atom stereocenters. The van der Waals surface area contributed by atoms with E-state index in [1.165, 1.54) is 12.1 Å².